The van der Waals surface area contributed by atoms with Crippen LogP contribution in [0.15, 0.2) is 36.4 Å². The van der Waals surface area contributed by atoms with Crippen LogP contribution in [-0.4, -0.2) is 56.5 Å². The van der Waals surface area contributed by atoms with Gasteiger partial charge in [0.05, 0.1) is 6.61 Å². The maximum absolute atomic E-state index is 12.4. The van der Waals surface area contributed by atoms with Crippen molar-refractivity contribution in [3.8, 4) is 0 Å². The summed E-state index contributed by atoms with van der Waals surface area (Å²) in [5, 5.41) is 0. The molecule has 0 aliphatic carbocycles. The van der Waals surface area contributed by atoms with Gasteiger partial charge in [-0.2, -0.15) is 0 Å². The minimum atomic E-state index is -1.32. The molecule has 0 saturated carbocycles. The zero-order valence-electron chi connectivity index (χ0n) is 18.8. The minimum Gasteiger partial charge on any atom is -0.465 e. The molecule has 0 aromatic heterocycles. The van der Waals surface area contributed by atoms with Crippen molar-refractivity contribution in [2.75, 3.05) is 19.9 Å². The molecule has 30 heavy (non-hydrogen) atoms. The zero-order valence-corrected chi connectivity index (χ0v) is 19.8. The first-order valence-corrected chi connectivity index (χ1v) is 13.6. The van der Waals surface area contributed by atoms with E-state index in [0.717, 1.165) is 11.6 Å². The van der Waals surface area contributed by atoms with E-state index < -0.39 is 38.4 Å². The van der Waals surface area contributed by atoms with E-state index in [1.165, 1.54) is 11.0 Å². The Labute approximate surface area is 180 Å². The maximum atomic E-state index is 12.4. The molecule has 0 saturated heterocycles. The van der Waals surface area contributed by atoms with Gasteiger partial charge in [0, 0.05) is 19.7 Å². The third-order valence-electron chi connectivity index (χ3n) is 4.03. The second kappa shape index (κ2) is 11.5. The van der Waals surface area contributed by atoms with Crippen LogP contribution in [0.3, 0.4) is 0 Å². The van der Waals surface area contributed by atoms with E-state index in [-0.39, 0.29) is 6.54 Å². The van der Waals surface area contributed by atoms with Gasteiger partial charge in [-0.25, -0.2) is 9.59 Å². The molecule has 1 aromatic rings. The van der Waals surface area contributed by atoms with Crippen LogP contribution in [0.2, 0.25) is 25.7 Å². The highest BCUT2D eigenvalue weighted by molar-refractivity contribution is 6.76. The number of hydrogen-bond acceptors (Lipinski definition) is 6. The molecule has 166 valence electrons. The van der Waals surface area contributed by atoms with Gasteiger partial charge in [-0.05, 0) is 38.5 Å². The molecule has 0 spiro atoms. The molecule has 0 radical (unpaired) electrons. The van der Waals surface area contributed by atoms with Crippen LogP contribution in [0.5, 0.6) is 0 Å². The molecule has 0 aliphatic heterocycles. The predicted octanol–water partition coefficient (Wildman–Crippen LogP) is 4.32. The molecule has 0 atom stereocenters. The number of nitrogens with zero attached hydrogens (tertiary/aromatic N) is 1. The van der Waals surface area contributed by atoms with Crippen molar-refractivity contribution in [3.63, 3.8) is 0 Å². The topological polar surface area (TPSA) is 82.1 Å². The van der Waals surface area contributed by atoms with Crippen molar-refractivity contribution in [1.29, 1.82) is 0 Å². The molecular weight excluding hydrogens is 402 g/mol. The molecular formula is C22H33NO6Si. The number of benzene rings is 1. The van der Waals surface area contributed by atoms with Gasteiger partial charge in [0.2, 0.25) is 6.79 Å². The van der Waals surface area contributed by atoms with Crippen LogP contribution in [-0.2, 0) is 23.8 Å². The molecule has 0 unspecified atom stereocenters. The third-order valence-corrected chi connectivity index (χ3v) is 5.73. The summed E-state index contributed by atoms with van der Waals surface area (Å²) < 4.78 is 15.2. The summed E-state index contributed by atoms with van der Waals surface area (Å²) in [7, 11) is -1.32. The zero-order chi connectivity index (χ0) is 22.8. The first-order chi connectivity index (χ1) is 13.9. The Morgan fingerprint density at radius 1 is 1.00 bits per heavy atom. The monoisotopic (exact) mass is 435 g/mol. The summed E-state index contributed by atoms with van der Waals surface area (Å²) in [4.78, 5) is 37.6. The number of amides is 1. The number of esters is 2. The fourth-order valence-corrected chi connectivity index (χ4v) is 2.93. The summed E-state index contributed by atoms with van der Waals surface area (Å²) in [6.45, 7) is 11.5. The molecule has 1 amide bonds. The number of hydrogen-bond donors (Lipinski definition) is 0. The third kappa shape index (κ3) is 10.8. The van der Waals surface area contributed by atoms with Crippen LogP contribution in [0, 0.1) is 0 Å². The largest absolute Gasteiger partial charge is 0.465 e. The lowest BCUT2D eigenvalue weighted by atomic mass is 10.1. The molecule has 0 heterocycles. The molecule has 0 bridgehead atoms. The fraction of sp³-hybridized carbons (Fsp3) is 0.500. The van der Waals surface area contributed by atoms with Crippen molar-refractivity contribution >= 4 is 32.2 Å². The summed E-state index contributed by atoms with van der Waals surface area (Å²) in [5.41, 5.74) is 0.171. The summed E-state index contributed by atoms with van der Waals surface area (Å²) in [6, 6.07) is 10.1. The van der Waals surface area contributed by atoms with Crippen LogP contribution >= 0.6 is 0 Å². The van der Waals surface area contributed by atoms with Gasteiger partial charge in [-0.15, -0.1) is 0 Å². The molecule has 0 N–H and O–H groups in total. The number of ether oxygens (including phenoxy) is 3. The SMILES string of the molecule is CC(C)(C)N(CC(=O)OCC[Si](C)(C)C)C(=O)OCOC(=O)/C=C/c1ccccc1. The van der Waals surface area contributed by atoms with Crippen LogP contribution in [0.1, 0.15) is 26.3 Å². The fourth-order valence-electron chi connectivity index (χ4n) is 2.21. The van der Waals surface area contributed by atoms with Gasteiger partial charge in [0.1, 0.15) is 6.54 Å². The number of carbonyl (C=O) groups excluding carboxylic acids is 3. The minimum absolute atomic E-state index is 0.240. The van der Waals surface area contributed by atoms with E-state index in [1.807, 2.05) is 30.3 Å². The Morgan fingerprint density at radius 2 is 1.63 bits per heavy atom. The van der Waals surface area contributed by atoms with E-state index in [2.05, 4.69) is 19.6 Å². The van der Waals surface area contributed by atoms with E-state index in [1.54, 1.807) is 26.8 Å². The van der Waals surface area contributed by atoms with E-state index in [0.29, 0.717) is 6.61 Å². The normalized spacial score (nSPS) is 11.8. The van der Waals surface area contributed by atoms with E-state index in [4.69, 9.17) is 14.2 Å². The Kier molecular flexibility index (Phi) is 9.78. The van der Waals surface area contributed by atoms with Gasteiger partial charge in [0.25, 0.3) is 0 Å². The van der Waals surface area contributed by atoms with Gasteiger partial charge < -0.3 is 14.2 Å². The van der Waals surface area contributed by atoms with Crippen LogP contribution in [0.25, 0.3) is 6.08 Å². The van der Waals surface area contributed by atoms with E-state index >= 15 is 0 Å². The van der Waals surface area contributed by atoms with Gasteiger partial charge >= 0.3 is 18.0 Å². The summed E-state index contributed by atoms with van der Waals surface area (Å²) in [6.07, 6.45) is 2.09. The van der Waals surface area contributed by atoms with Crippen molar-refractivity contribution in [3.05, 3.63) is 42.0 Å². The van der Waals surface area contributed by atoms with Gasteiger partial charge in [-0.1, -0.05) is 50.0 Å². The quantitative estimate of drug-likeness (QED) is 0.249. The van der Waals surface area contributed by atoms with Gasteiger partial charge in [-0.3, -0.25) is 9.69 Å². The van der Waals surface area contributed by atoms with E-state index in [9.17, 15) is 14.4 Å². The molecule has 8 heteroatoms. The van der Waals surface area contributed by atoms with Gasteiger partial charge in [0.15, 0.2) is 0 Å². The first kappa shape index (κ1) is 25.4. The number of rotatable bonds is 9. The average Bonchev–Trinajstić information content (AvgIpc) is 2.63. The number of carbonyl (C=O) groups is 3. The van der Waals surface area contributed by atoms with Crippen molar-refractivity contribution in [2.45, 2.75) is 52.0 Å². The van der Waals surface area contributed by atoms with Crippen molar-refractivity contribution in [1.82, 2.24) is 4.90 Å². The Bertz CT molecular complexity index is 734. The highest BCUT2D eigenvalue weighted by atomic mass is 28.3. The molecule has 1 rings (SSSR count). The second-order valence-electron chi connectivity index (χ2n) is 9.02. The Morgan fingerprint density at radius 3 is 2.20 bits per heavy atom. The Hall–Kier alpha value is -2.61. The second-order valence-corrected chi connectivity index (χ2v) is 14.6. The van der Waals surface area contributed by atoms with Crippen LogP contribution < -0.4 is 0 Å². The summed E-state index contributed by atoms with van der Waals surface area (Å²) >= 11 is 0. The smallest absolute Gasteiger partial charge is 0.413 e. The van der Waals surface area contributed by atoms with Crippen LogP contribution in [0.4, 0.5) is 4.79 Å². The molecule has 0 aliphatic rings. The highest BCUT2D eigenvalue weighted by Crippen LogP contribution is 2.15. The lowest BCUT2D eigenvalue weighted by Crippen LogP contribution is -2.49. The standard InChI is InChI=1S/C22H33NO6Si/c1-22(2,3)23(16-20(25)27-14-15-30(4,5)6)21(26)29-17-28-19(24)13-12-18-10-8-7-9-11-18/h7-13H,14-17H2,1-6H3/b13-12+. The molecule has 1 aromatic carbocycles. The van der Waals surface area contributed by atoms with Crippen molar-refractivity contribution in [2.24, 2.45) is 0 Å². The molecule has 7 nitrogen and oxygen atoms in total. The molecule has 0 fully saturated rings. The highest BCUT2D eigenvalue weighted by Gasteiger charge is 2.30. The lowest BCUT2D eigenvalue weighted by Gasteiger charge is -2.33. The first-order valence-electron chi connectivity index (χ1n) is 9.88. The Balaban J connectivity index is 2.50. The predicted molar refractivity (Wildman–Crippen MR) is 118 cm³/mol. The van der Waals surface area contributed by atoms with Crippen molar-refractivity contribution < 1.29 is 28.6 Å². The average molecular weight is 436 g/mol. The lowest BCUT2D eigenvalue weighted by molar-refractivity contribution is -0.149. The summed E-state index contributed by atoms with van der Waals surface area (Å²) in [5.74, 6) is -1.14. The maximum Gasteiger partial charge on any atom is 0.413 e.